The van der Waals surface area contributed by atoms with Crippen LogP contribution in [0.5, 0.6) is 0 Å². The first-order chi connectivity index (χ1) is 43.8. The summed E-state index contributed by atoms with van der Waals surface area (Å²) in [6.45, 7) is 0. The van der Waals surface area contributed by atoms with Crippen LogP contribution >= 0.6 is 70.4 Å². The summed E-state index contributed by atoms with van der Waals surface area (Å²) in [5.74, 6) is 15.6. The summed E-state index contributed by atoms with van der Waals surface area (Å²) in [5.41, 5.74) is 27.7. The minimum Gasteiger partial charge on any atom is -0.0619 e. The molecule has 0 aliphatic heterocycles. The fourth-order valence-electron chi connectivity index (χ4n) is 23.4. The number of fused-ring (bicyclic) bond motifs is 29. The Morgan fingerprint density at radius 3 is 0.890 bits per heavy atom. The van der Waals surface area contributed by atoms with E-state index >= 15 is 0 Å². The van der Waals surface area contributed by atoms with Crippen LogP contribution in [0.4, 0.5) is 0 Å². The number of hydrogen-bond acceptors (Lipinski definition) is 0. The van der Waals surface area contributed by atoms with Crippen molar-refractivity contribution < 1.29 is 20.8 Å². The average molecular weight is 1470 g/mol. The molecule has 14 aliphatic carbocycles. The van der Waals surface area contributed by atoms with E-state index in [1.54, 1.807) is 109 Å². The fourth-order valence-corrected chi connectivity index (χ4v) is 23.8. The predicted octanol–water partition coefficient (Wildman–Crippen LogP) is 26.3. The SMILES string of the molecule is C1CCC2C(C1)C1CCCCC1C1C2CC2C3CCCCC3C3CCCCC3C21.C1CCCC1.C1CCc2c(c3c(c4c2Cc2c5c(c6c(c2-4)CCCC6)CCCC5)CCCC3)C1.ClCCCCCl.[CH3-].[CH3-].[Cl][Al]([Cl])[Cl].[Cl][Zr+2][Cl].c1ccc2c(c1)Cc1ccccc1-2. The minimum absolute atomic E-state index is 0. The summed E-state index contributed by atoms with van der Waals surface area (Å²) in [4.78, 5) is 0. The van der Waals surface area contributed by atoms with Crippen LogP contribution in [0, 0.1) is 85.9 Å². The summed E-state index contributed by atoms with van der Waals surface area (Å²) >= 11 is 8.10. The number of unbranched alkanes of at least 4 members (excludes halogenated alkanes) is 1. The van der Waals surface area contributed by atoms with Crippen molar-refractivity contribution >= 4 is 81.8 Å². The van der Waals surface area contributed by atoms with Crippen molar-refractivity contribution in [1.82, 2.24) is 0 Å². The van der Waals surface area contributed by atoms with E-state index in [4.69, 9.17) is 70.4 Å². The molecule has 0 radical (unpaired) electrons. The Labute approximate surface area is 601 Å². The number of alkyl halides is 2. The zero-order valence-corrected chi connectivity index (χ0v) is 65.3. The molecule has 0 aromatic heterocycles. The third-order valence-electron chi connectivity index (χ3n) is 26.3. The average Bonchev–Trinajstić information content (AvgIpc) is 1.59. The molecule has 91 heavy (non-hydrogen) atoms. The predicted molar refractivity (Wildman–Crippen MR) is 398 cm³/mol. The van der Waals surface area contributed by atoms with Gasteiger partial charge in [0, 0.05) is 11.8 Å². The largest absolute Gasteiger partial charge is 0.0619 e. The molecular formula is C82H114AlCl7Zr. The van der Waals surface area contributed by atoms with E-state index in [9.17, 15) is 0 Å². The zero-order chi connectivity index (χ0) is 61.2. The van der Waals surface area contributed by atoms with Crippen molar-refractivity contribution in [3.05, 3.63) is 130 Å². The van der Waals surface area contributed by atoms with Crippen molar-refractivity contribution in [1.29, 1.82) is 0 Å². The van der Waals surface area contributed by atoms with E-state index in [1.807, 2.05) is 66.8 Å². The summed E-state index contributed by atoms with van der Waals surface area (Å²) < 4.78 is 0. The van der Waals surface area contributed by atoms with Gasteiger partial charge in [-0.3, -0.25) is 0 Å². The molecular weight excluding hydrogens is 1350 g/mol. The van der Waals surface area contributed by atoms with E-state index in [0.29, 0.717) is 0 Å². The van der Waals surface area contributed by atoms with Crippen LogP contribution < -0.4 is 0 Å². The summed E-state index contributed by atoms with van der Waals surface area (Å²) in [7, 11) is 24.7. The molecule has 0 spiro atoms. The molecule has 0 amide bonds. The van der Waals surface area contributed by atoms with Gasteiger partial charge in [0.15, 0.2) is 0 Å². The molecule has 9 heteroatoms. The van der Waals surface area contributed by atoms with Crippen LogP contribution in [0.1, 0.15) is 272 Å². The second-order valence-corrected chi connectivity index (χ2v) is 41.3. The molecule has 8 fully saturated rings. The van der Waals surface area contributed by atoms with Crippen molar-refractivity contribution in [2.24, 2.45) is 71.0 Å². The Bertz CT molecular complexity index is 2740. The third-order valence-corrected chi connectivity index (χ3v) is 26.8. The fraction of sp³-hybridized carbons (Fsp3) is 0.683. The molecule has 8 saturated carbocycles. The topological polar surface area (TPSA) is 0 Å². The number of hydrogen-bond donors (Lipinski definition) is 0. The molecule has 0 bridgehead atoms. The van der Waals surface area contributed by atoms with Gasteiger partial charge in [0.1, 0.15) is 0 Å². The molecule has 14 aliphatic rings. The van der Waals surface area contributed by atoms with Crippen molar-refractivity contribution in [2.75, 3.05) is 11.8 Å². The first-order valence-corrected chi connectivity index (χ1v) is 50.0. The van der Waals surface area contributed by atoms with Gasteiger partial charge in [-0.25, -0.2) is 30.1 Å². The maximum absolute atomic E-state index is 5.32. The molecule has 12 atom stereocenters. The third kappa shape index (κ3) is 16.6. The zero-order valence-electron chi connectivity index (χ0n) is 56.4. The smallest absolute Gasteiger partial charge is 0.00135 e. The maximum atomic E-state index is 5.32. The van der Waals surface area contributed by atoms with Gasteiger partial charge in [-0.2, -0.15) is 0 Å². The monoisotopic (exact) mass is 1460 g/mol. The number of halogens is 7. The van der Waals surface area contributed by atoms with E-state index < -0.39 is 32.2 Å². The quantitative estimate of drug-likeness (QED) is 0.0717. The Morgan fingerprint density at radius 2 is 0.571 bits per heavy atom. The second-order valence-electron chi connectivity index (χ2n) is 30.4. The van der Waals surface area contributed by atoms with Crippen LogP contribution in [0.15, 0.2) is 48.5 Å². The van der Waals surface area contributed by atoms with Gasteiger partial charge in [0.05, 0.1) is 0 Å². The van der Waals surface area contributed by atoms with Crippen LogP contribution in [0.2, 0.25) is 0 Å². The molecule has 0 saturated heterocycles. The summed E-state index contributed by atoms with van der Waals surface area (Å²) in [6, 6.07) is 17.3. The van der Waals surface area contributed by atoms with E-state index in [1.165, 1.54) is 235 Å². The van der Waals surface area contributed by atoms with Gasteiger partial charge >= 0.3 is 49.3 Å². The Balaban J connectivity index is 0.000000136. The van der Waals surface area contributed by atoms with Crippen LogP contribution in [0.25, 0.3) is 22.3 Å². The van der Waals surface area contributed by atoms with Gasteiger partial charge in [-0.15, -0.1) is 23.2 Å². The Kier molecular flexibility index (Phi) is 29.8. The summed E-state index contributed by atoms with van der Waals surface area (Å²) in [5, 5.41) is 0. The standard InChI is InChI=1S/C29H46.C29H34.C13H10.C5H10.C4H8Cl2.2CH3.Al.5ClH.Zr/c2*1-3-13-22-18(9-1)20-11-5-7-15-24(20)28-26(22)17-27-23-14-4-2-10-19(23)21-12-6-8-16-25(21)29(27)28;1-3-7-12-10(5-1)9-11-6-2-4-8-13(11)12;1-2-4-5-3-1;5-3-1-2-4-6;;;;;;;;;/h18-29H,1-17H2;1-17H2;1-8H,9H2;1-5H2;1-4H2;2*1H3;;5*1H;/q;;;;;2*-1;+3;;;;;;+4/p-5. The van der Waals surface area contributed by atoms with Crippen molar-refractivity contribution in [2.45, 2.75) is 270 Å². The van der Waals surface area contributed by atoms with Gasteiger partial charge in [0.2, 0.25) is 0 Å². The number of rotatable bonds is 3. The second kappa shape index (κ2) is 36.6. The van der Waals surface area contributed by atoms with E-state index in [0.717, 1.165) is 31.0 Å². The first-order valence-electron chi connectivity index (χ1n) is 37.4. The van der Waals surface area contributed by atoms with Gasteiger partial charge < -0.3 is 14.9 Å². The van der Waals surface area contributed by atoms with Gasteiger partial charge in [-0.1, -0.05) is 132 Å². The van der Waals surface area contributed by atoms with E-state index in [2.05, 4.69) is 48.5 Å². The molecule has 12 unspecified atom stereocenters. The molecule has 4 aromatic rings. The molecule has 18 rings (SSSR count). The molecule has 0 nitrogen and oxygen atoms in total. The van der Waals surface area contributed by atoms with Gasteiger partial charge in [0.25, 0.3) is 0 Å². The Morgan fingerprint density at radius 1 is 0.319 bits per heavy atom. The molecule has 0 heterocycles. The minimum atomic E-state index is -1.72. The van der Waals surface area contributed by atoms with Gasteiger partial charge in [-0.05, 0) is 346 Å². The maximum Gasteiger partial charge on any atom is -0.00135 e. The van der Waals surface area contributed by atoms with E-state index in [-0.39, 0.29) is 14.9 Å². The van der Waals surface area contributed by atoms with Crippen LogP contribution in [-0.4, -0.2) is 23.1 Å². The van der Waals surface area contributed by atoms with Crippen molar-refractivity contribution in [3.8, 4) is 22.3 Å². The van der Waals surface area contributed by atoms with Crippen LogP contribution in [0.3, 0.4) is 0 Å². The number of benzene rings is 4. The van der Waals surface area contributed by atoms with Crippen LogP contribution in [-0.2, 0) is 85.1 Å². The molecule has 0 N–H and O–H groups in total. The first kappa shape index (κ1) is 74.0. The molecule has 4 aromatic carbocycles. The normalized spacial score (nSPS) is 29.7. The van der Waals surface area contributed by atoms with Crippen molar-refractivity contribution in [3.63, 3.8) is 0 Å². The molecule has 498 valence electrons. The summed E-state index contributed by atoms with van der Waals surface area (Å²) in [6.07, 6.45) is 61.7. The Hall–Kier alpha value is 0.326.